The number of hydrogen-bond donors (Lipinski definition) is 1. The predicted molar refractivity (Wildman–Crippen MR) is 154 cm³/mol. The van der Waals surface area contributed by atoms with Gasteiger partial charge in [0.15, 0.2) is 0 Å². The van der Waals surface area contributed by atoms with Crippen LogP contribution >= 0.6 is 12.4 Å². The lowest BCUT2D eigenvalue weighted by atomic mass is 9.90. The number of anilines is 2. The summed E-state index contributed by atoms with van der Waals surface area (Å²) in [6.45, 7) is 6.63. The summed E-state index contributed by atoms with van der Waals surface area (Å²) in [5.74, 6) is 0.185. The molecule has 2 amide bonds. The third-order valence-electron chi connectivity index (χ3n) is 7.14. The Bertz CT molecular complexity index is 1270. The number of fused-ring (bicyclic) bond motifs is 1. The number of nitrogens with zero attached hydrogens (tertiary/aromatic N) is 3. The maximum atomic E-state index is 13.1. The number of aryl methyl sites for hydroxylation is 2. The Labute approximate surface area is 231 Å². The summed E-state index contributed by atoms with van der Waals surface area (Å²) in [5.41, 5.74) is 3.93. The molecule has 2 heterocycles. The zero-order valence-electron chi connectivity index (χ0n) is 22.7. The van der Waals surface area contributed by atoms with Gasteiger partial charge in [-0.25, -0.2) is 0 Å². The van der Waals surface area contributed by atoms with Crippen LogP contribution in [-0.4, -0.2) is 43.5 Å². The van der Waals surface area contributed by atoms with Gasteiger partial charge >= 0.3 is 0 Å². The monoisotopic (exact) mass is 536 g/mol. The molecular formula is C30H37ClN4O3. The number of carbonyl (C=O) groups excluding carboxylic acids is 2. The molecule has 2 aromatic carbocycles. The second-order valence-corrected chi connectivity index (χ2v) is 10.2. The molecule has 0 radical (unpaired) electrons. The highest BCUT2D eigenvalue weighted by atomic mass is 35.5. The number of benzene rings is 2. The second kappa shape index (κ2) is 12.4. The Morgan fingerprint density at radius 3 is 2.37 bits per heavy atom. The summed E-state index contributed by atoms with van der Waals surface area (Å²) >= 11 is 0. The zero-order chi connectivity index (χ0) is 26.6. The van der Waals surface area contributed by atoms with E-state index in [-0.39, 0.29) is 30.3 Å². The van der Waals surface area contributed by atoms with Gasteiger partial charge in [0, 0.05) is 45.1 Å². The van der Waals surface area contributed by atoms with Gasteiger partial charge in [0.05, 0.1) is 11.4 Å². The first-order chi connectivity index (χ1) is 17.7. The summed E-state index contributed by atoms with van der Waals surface area (Å²) in [7, 11) is 3.42. The average molecular weight is 537 g/mol. The number of carbonyl (C=O) groups is 2. The van der Waals surface area contributed by atoms with Crippen LogP contribution in [0.1, 0.15) is 37.0 Å². The van der Waals surface area contributed by atoms with Crippen molar-refractivity contribution in [2.45, 2.75) is 46.2 Å². The largest absolute Gasteiger partial charge is 0.492 e. The van der Waals surface area contributed by atoms with E-state index in [1.165, 1.54) is 11.1 Å². The van der Waals surface area contributed by atoms with E-state index in [0.717, 1.165) is 18.4 Å². The number of pyridine rings is 1. The fourth-order valence-corrected chi connectivity index (χ4v) is 4.72. The Balaban J connectivity index is 0.00000400. The first kappa shape index (κ1) is 29.1. The van der Waals surface area contributed by atoms with Crippen molar-refractivity contribution in [2.24, 2.45) is 5.41 Å². The van der Waals surface area contributed by atoms with Gasteiger partial charge in [0.25, 0.3) is 0 Å². The highest BCUT2D eigenvalue weighted by Gasteiger charge is 2.44. The van der Waals surface area contributed by atoms with Crippen LogP contribution in [0, 0.1) is 12.3 Å². The van der Waals surface area contributed by atoms with E-state index in [4.69, 9.17) is 4.74 Å². The molecule has 8 heteroatoms. The maximum Gasteiger partial charge on any atom is 0.241 e. The van der Waals surface area contributed by atoms with Gasteiger partial charge in [-0.1, -0.05) is 30.3 Å². The normalized spacial score (nSPS) is 15.4. The molecule has 38 heavy (non-hydrogen) atoms. The Morgan fingerprint density at radius 2 is 1.68 bits per heavy atom. The van der Waals surface area contributed by atoms with E-state index in [2.05, 4.69) is 47.6 Å². The zero-order valence-corrected chi connectivity index (χ0v) is 23.5. The fraction of sp³-hybridized carbons (Fsp3) is 0.367. The van der Waals surface area contributed by atoms with Crippen LogP contribution in [0.15, 0.2) is 67.0 Å². The lowest BCUT2D eigenvalue weighted by Crippen LogP contribution is -2.46. The van der Waals surface area contributed by atoms with E-state index in [1.807, 2.05) is 30.5 Å². The van der Waals surface area contributed by atoms with Gasteiger partial charge in [-0.15, -0.1) is 12.4 Å². The van der Waals surface area contributed by atoms with E-state index < -0.39 is 5.41 Å². The van der Waals surface area contributed by atoms with Crippen molar-refractivity contribution in [2.75, 3.05) is 30.5 Å². The smallest absolute Gasteiger partial charge is 0.241 e. The number of hydrogen-bond acceptors (Lipinski definition) is 5. The average Bonchev–Trinajstić information content (AvgIpc) is 2.95. The number of nitrogens with one attached hydrogen (secondary N) is 1. The number of ether oxygens (including phenoxy) is 1. The van der Waals surface area contributed by atoms with Crippen molar-refractivity contribution in [3.8, 4) is 5.75 Å². The summed E-state index contributed by atoms with van der Waals surface area (Å²) in [4.78, 5) is 33.3. The first-order valence-corrected chi connectivity index (χ1v) is 12.7. The third-order valence-corrected chi connectivity index (χ3v) is 7.14. The quantitative estimate of drug-likeness (QED) is 0.392. The molecule has 1 aliphatic rings. The number of aromatic nitrogens is 1. The highest BCUT2D eigenvalue weighted by Crippen LogP contribution is 2.39. The van der Waals surface area contributed by atoms with Crippen LogP contribution in [-0.2, 0) is 22.6 Å². The molecule has 0 bridgehead atoms. The molecule has 1 aromatic heterocycles. The van der Waals surface area contributed by atoms with Gasteiger partial charge in [0.2, 0.25) is 11.8 Å². The van der Waals surface area contributed by atoms with Crippen molar-refractivity contribution in [3.05, 3.63) is 83.7 Å². The number of amides is 2. The first-order valence-electron chi connectivity index (χ1n) is 12.7. The number of rotatable bonds is 9. The Kier molecular flexibility index (Phi) is 9.52. The van der Waals surface area contributed by atoms with E-state index in [0.29, 0.717) is 30.3 Å². The van der Waals surface area contributed by atoms with Gasteiger partial charge in [-0.05, 0) is 68.5 Å². The van der Waals surface area contributed by atoms with Crippen molar-refractivity contribution in [1.82, 2.24) is 10.3 Å². The molecule has 4 rings (SSSR count). The van der Waals surface area contributed by atoms with Crippen LogP contribution in [0.2, 0.25) is 0 Å². The van der Waals surface area contributed by atoms with Crippen LogP contribution in [0.4, 0.5) is 11.4 Å². The molecule has 1 aliphatic heterocycles. The minimum atomic E-state index is -1.14. The topological polar surface area (TPSA) is 74.8 Å². The van der Waals surface area contributed by atoms with Crippen LogP contribution in [0.25, 0.3) is 0 Å². The molecule has 0 aliphatic carbocycles. The minimum absolute atomic E-state index is 0. The fourth-order valence-electron chi connectivity index (χ4n) is 4.72. The molecule has 0 spiro atoms. The Morgan fingerprint density at radius 1 is 0.974 bits per heavy atom. The summed E-state index contributed by atoms with van der Waals surface area (Å²) in [6, 6.07) is 18.1. The molecule has 1 unspecified atom stereocenters. The molecule has 202 valence electrons. The summed E-state index contributed by atoms with van der Waals surface area (Å²) < 4.78 is 6.26. The van der Waals surface area contributed by atoms with Crippen LogP contribution in [0.5, 0.6) is 5.75 Å². The molecule has 0 fully saturated rings. The van der Waals surface area contributed by atoms with E-state index >= 15 is 0 Å². The van der Waals surface area contributed by atoms with Crippen molar-refractivity contribution in [3.63, 3.8) is 0 Å². The highest BCUT2D eigenvalue weighted by molar-refractivity contribution is 6.19. The van der Waals surface area contributed by atoms with E-state index in [9.17, 15) is 9.59 Å². The van der Waals surface area contributed by atoms with Gasteiger partial charge in [-0.2, -0.15) is 0 Å². The predicted octanol–water partition coefficient (Wildman–Crippen LogP) is 4.95. The maximum absolute atomic E-state index is 13.1. The Hall–Kier alpha value is -3.42. The lowest BCUT2D eigenvalue weighted by molar-refractivity contribution is -0.137. The van der Waals surface area contributed by atoms with Crippen molar-refractivity contribution in [1.29, 1.82) is 0 Å². The van der Waals surface area contributed by atoms with Gasteiger partial charge < -0.3 is 19.9 Å². The lowest BCUT2D eigenvalue weighted by Gasteiger charge is -2.25. The van der Waals surface area contributed by atoms with Gasteiger partial charge in [0.1, 0.15) is 17.8 Å². The van der Waals surface area contributed by atoms with Crippen molar-refractivity contribution < 1.29 is 14.3 Å². The summed E-state index contributed by atoms with van der Waals surface area (Å²) in [5, 5.41) is 3.63. The third kappa shape index (κ3) is 6.34. The molecule has 3 aromatic rings. The minimum Gasteiger partial charge on any atom is -0.492 e. The second-order valence-electron chi connectivity index (χ2n) is 10.2. The molecule has 1 atom stereocenters. The SMILES string of the molecule is Cc1ccccc1CCC(COc1ccc2c(c1)N(C)C(=O)C(C)(C)C(=O)N2C)NCc1cccnc1.Cl. The van der Waals surface area contributed by atoms with Crippen LogP contribution in [0.3, 0.4) is 0 Å². The molecule has 1 N–H and O–H groups in total. The van der Waals surface area contributed by atoms with Crippen molar-refractivity contribution >= 4 is 35.6 Å². The standard InChI is InChI=1S/C30H36N4O3.ClH/c1-21-9-6-7-11-23(21)12-13-24(32-19-22-10-8-16-31-18-22)20-37-25-14-15-26-27(17-25)34(5)29(36)30(2,3)28(35)33(26)4;/h6-11,14-18,24,32H,12-13,19-20H2,1-5H3;1H. The van der Waals surface area contributed by atoms with Gasteiger partial charge in [-0.3, -0.25) is 14.6 Å². The molecular weight excluding hydrogens is 500 g/mol. The van der Waals surface area contributed by atoms with E-state index in [1.54, 1.807) is 43.9 Å². The molecule has 7 nitrogen and oxygen atoms in total. The summed E-state index contributed by atoms with van der Waals surface area (Å²) in [6.07, 6.45) is 5.48. The molecule has 0 saturated heterocycles. The number of halogens is 1. The van der Waals surface area contributed by atoms with Crippen LogP contribution < -0.4 is 19.9 Å². The molecule has 0 saturated carbocycles.